The minimum absolute atomic E-state index is 0.0354. The molecule has 1 aromatic heterocycles. The fourth-order valence-electron chi connectivity index (χ4n) is 9.40. The van der Waals surface area contributed by atoms with Crippen molar-refractivity contribution in [3.05, 3.63) is 87.6 Å². The topological polar surface area (TPSA) is 292 Å². The summed E-state index contributed by atoms with van der Waals surface area (Å²) in [7, 11) is 1.29. The zero-order valence-corrected chi connectivity index (χ0v) is 34.9. The number of phenolic OH excluding ortho intramolecular Hbond substituents is 3. The van der Waals surface area contributed by atoms with Crippen LogP contribution in [0.5, 0.6) is 23.0 Å². The lowest BCUT2D eigenvalue weighted by molar-refractivity contribution is -0.249. The molecule has 2 saturated heterocycles. The molecule has 3 amide bonds. The molecule has 0 radical (unpaired) electrons. The number of aliphatic hydroxyl groups is 3. The number of pyridine rings is 1. The number of Topliss-reactive ketones (excluding diaryl/α,β-unsaturated/α-hetero) is 1. The highest BCUT2D eigenvalue weighted by Gasteiger charge is 2.51. The first-order valence-electron chi connectivity index (χ1n) is 20.7. The average Bonchev–Trinajstić information content (AvgIpc) is 3.77. The maximum absolute atomic E-state index is 14.0. The van der Waals surface area contributed by atoms with Crippen LogP contribution in [-0.2, 0) is 30.3 Å². The largest absolute Gasteiger partial charge is 0.507 e. The smallest absolute Gasteiger partial charge is 0.252 e. The van der Waals surface area contributed by atoms with Gasteiger partial charge in [0.05, 0.1) is 58.5 Å². The van der Waals surface area contributed by atoms with Crippen LogP contribution in [0, 0.1) is 0 Å². The van der Waals surface area contributed by atoms with E-state index >= 15 is 0 Å². The number of ketones is 3. The van der Waals surface area contributed by atoms with Crippen LogP contribution >= 0.6 is 0 Å². The quantitative estimate of drug-likeness (QED) is 0.0915. The van der Waals surface area contributed by atoms with Gasteiger partial charge in [0.15, 0.2) is 17.9 Å². The van der Waals surface area contributed by atoms with Crippen molar-refractivity contribution in [3.8, 4) is 23.0 Å². The van der Waals surface area contributed by atoms with Crippen molar-refractivity contribution in [3.63, 3.8) is 0 Å². The van der Waals surface area contributed by atoms with Crippen LogP contribution in [0.2, 0.25) is 0 Å². The number of aromatic hydroxyl groups is 3. The van der Waals surface area contributed by atoms with Crippen molar-refractivity contribution >= 4 is 46.0 Å². The Morgan fingerprint density at radius 2 is 1.75 bits per heavy atom. The van der Waals surface area contributed by atoms with E-state index in [1.807, 2.05) is 0 Å². The maximum Gasteiger partial charge on any atom is 0.252 e. The van der Waals surface area contributed by atoms with Gasteiger partial charge in [-0.3, -0.25) is 33.8 Å². The lowest BCUT2D eigenvalue weighted by Crippen LogP contribution is -2.59. The number of hydrogen-bond donors (Lipinski definition) is 8. The Balaban J connectivity index is 1.02. The molecule has 19 nitrogen and oxygen atoms in total. The summed E-state index contributed by atoms with van der Waals surface area (Å²) >= 11 is 0. The highest BCUT2D eigenvalue weighted by atomic mass is 16.7. The van der Waals surface area contributed by atoms with Gasteiger partial charge in [0.1, 0.15) is 53.4 Å². The zero-order valence-electron chi connectivity index (χ0n) is 34.9. The number of fused-ring (bicyclic) bond motifs is 4. The lowest BCUT2D eigenvalue weighted by Gasteiger charge is -2.43. The third-order valence-corrected chi connectivity index (χ3v) is 12.6. The van der Waals surface area contributed by atoms with Crippen molar-refractivity contribution < 1.29 is 73.6 Å². The van der Waals surface area contributed by atoms with Gasteiger partial charge < -0.3 is 60.4 Å². The molecule has 8 atom stereocenters. The average molecular weight is 883 g/mol. The van der Waals surface area contributed by atoms with Gasteiger partial charge in [0.2, 0.25) is 17.6 Å². The summed E-state index contributed by atoms with van der Waals surface area (Å²) in [6, 6.07) is 7.14. The Bertz CT molecular complexity index is 2630. The third kappa shape index (κ3) is 7.37. The number of ether oxygens (including phenoxy) is 3. The number of nitrogens with one attached hydrogen (secondary N) is 2. The van der Waals surface area contributed by atoms with E-state index in [0.29, 0.717) is 11.9 Å². The van der Waals surface area contributed by atoms with Gasteiger partial charge in [-0.1, -0.05) is 18.2 Å². The van der Waals surface area contributed by atoms with Gasteiger partial charge in [-0.25, -0.2) is 0 Å². The molecule has 2 aliphatic carbocycles. The van der Waals surface area contributed by atoms with E-state index in [-0.39, 0.29) is 64.1 Å². The number of hydrogen-bond acceptors (Lipinski definition) is 16. The van der Waals surface area contributed by atoms with Crippen LogP contribution in [0.4, 0.5) is 0 Å². The van der Waals surface area contributed by atoms with Crippen molar-refractivity contribution in [2.45, 2.75) is 94.3 Å². The molecule has 3 aromatic carbocycles. The van der Waals surface area contributed by atoms with Crippen molar-refractivity contribution in [1.29, 1.82) is 0 Å². The maximum atomic E-state index is 14.0. The second-order valence-corrected chi connectivity index (χ2v) is 16.5. The molecule has 8 rings (SSSR count). The molecule has 19 heteroatoms. The number of rotatable bonds is 10. The standard InChI is InChI=1S/C45H46N4O15/c1-19(47-42(58)22-12-13-46-24-8-5-10-27(51)32(22)24)44(60)49-14-6-9-26(49)43(59)48-25-15-31(63-20(2)37(25)53)64-29-17-45(61,30(52)18-50)16-23-34(29)41(57)36-35(39(23)55)38(54)21-7-4-11-28(62-3)33(21)40(36)56/h4-5,7-8,10-13,19-20,25-26,29,31,37,50-51,53,55,57,61H,6,9,14-18H2,1-3H3,(H,47,58)(H,48,59)/t19-,20?,25?,26+,29+,31?,37?,45+/m1/s1. The molecule has 64 heavy (non-hydrogen) atoms. The summed E-state index contributed by atoms with van der Waals surface area (Å²) in [4.78, 5) is 87.5. The normalized spacial score (nSPS) is 25.5. The van der Waals surface area contributed by atoms with E-state index in [0.717, 1.165) is 0 Å². The van der Waals surface area contributed by atoms with E-state index in [1.54, 1.807) is 12.1 Å². The van der Waals surface area contributed by atoms with Gasteiger partial charge in [-0.05, 0) is 51.0 Å². The minimum atomic E-state index is -2.40. The molecule has 2 fully saturated rings. The lowest BCUT2D eigenvalue weighted by atomic mass is 9.72. The molecule has 0 spiro atoms. The Kier molecular flexibility index (Phi) is 11.6. The van der Waals surface area contributed by atoms with Gasteiger partial charge >= 0.3 is 0 Å². The van der Waals surface area contributed by atoms with E-state index in [4.69, 9.17) is 14.2 Å². The first kappa shape index (κ1) is 44.1. The van der Waals surface area contributed by atoms with Gasteiger partial charge in [-0.15, -0.1) is 0 Å². The summed E-state index contributed by atoms with van der Waals surface area (Å²) in [6.45, 7) is 2.04. The van der Waals surface area contributed by atoms with E-state index in [1.165, 1.54) is 62.4 Å². The number of benzene rings is 3. The van der Waals surface area contributed by atoms with Crippen LogP contribution in [0.25, 0.3) is 10.9 Å². The molecule has 3 heterocycles. The number of amides is 3. The molecule has 8 N–H and O–H groups in total. The fourth-order valence-corrected chi connectivity index (χ4v) is 9.40. The monoisotopic (exact) mass is 882 g/mol. The summed E-state index contributed by atoms with van der Waals surface area (Å²) in [5.74, 6) is -6.25. The molecule has 4 unspecified atom stereocenters. The first-order chi connectivity index (χ1) is 30.5. The second-order valence-electron chi connectivity index (χ2n) is 16.5. The van der Waals surface area contributed by atoms with Gasteiger partial charge in [0.25, 0.3) is 5.91 Å². The summed E-state index contributed by atoms with van der Waals surface area (Å²) in [6.07, 6.45) is -4.64. The Morgan fingerprint density at radius 1 is 1.02 bits per heavy atom. The molecule has 0 bridgehead atoms. The highest BCUT2D eigenvalue weighted by molar-refractivity contribution is 6.31. The summed E-state index contributed by atoms with van der Waals surface area (Å²) in [5, 5.41) is 72.4. The van der Waals surface area contributed by atoms with Crippen LogP contribution < -0.4 is 15.4 Å². The Labute approximate surface area is 364 Å². The summed E-state index contributed by atoms with van der Waals surface area (Å²) < 4.78 is 17.6. The number of carbonyl (C=O) groups excluding carboxylic acids is 6. The van der Waals surface area contributed by atoms with Crippen LogP contribution in [0.1, 0.15) is 99.0 Å². The Hall–Kier alpha value is -6.51. The number of phenols is 3. The second kappa shape index (κ2) is 16.9. The molecular weight excluding hydrogens is 837 g/mol. The first-order valence-corrected chi connectivity index (χ1v) is 20.7. The number of aromatic nitrogens is 1. The summed E-state index contributed by atoms with van der Waals surface area (Å²) in [5.41, 5.74) is -3.84. The molecule has 4 aromatic rings. The van der Waals surface area contributed by atoms with Gasteiger partial charge in [-0.2, -0.15) is 0 Å². The van der Waals surface area contributed by atoms with E-state index in [9.17, 15) is 59.4 Å². The SMILES string of the molecule is COc1cccc2c1C(=O)c1c(O)c3c(c(O)c1C2=O)C[C@@](O)(C(=O)CO)C[C@@H]3OC1CC(NC(=O)[C@@H]2CCCN2C(=O)[C@@H](C)NC(=O)c2ccnc3cccc(O)c23)C(O)C(C)O1. The molecule has 336 valence electrons. The molecule has 0 saturated carbocycles. The number of aliphatic hydroxyl groups excluding tert-OH is 2. The molecule has 2 aliphatic heterocycles. The predicted octanol–water partition coefficient (Wildman–Crippen LogP) is 1.22. The van der Waals surface area contributed by atoms with Crippen molar-refractivity contribution in [1.82, 2.24) is 20.5 Å². The third-order valence-electron chi connectivity index (χ3n) is 12.6. The fraction of sp³-hybridized carbons (Fsp3) is 0.400. The van der Waals surface area contributed by atoms with Gasteiger partial charge in [0, 0.05) is 48.7 Å². The number of likely N-dealkylation sites (tertiary alicyclic amines) is 1. The van der Waals surface area contributed by atoms with Crippen LogP contribution in [0.3, 0.4) is 0 Å². The van der Waals surface area contributed by atoms with Crippen molar-refractivity contribution in [2.75, 3.05) is 20.3 Å². The number of nitrogens with zero attached hydrogens (tertiary/aromatic N) is 2. The molecule has 4 aliphatic rings. The highest BCUT2D eigenvalue weighted by Crippen LogP contribution is 2.52. The predicted molar refractivity (Wildman–Crippen MR) is 221 cm³/mol. The molecular formula is C45H46N4O15. The number of methoxy groups -OCH3 is 1. The van der Waals surface area contributed by atoms with Crippen LogP contribution in [0.15, 0.2) is 48.7 Å². The van der Waals surface area contributed by atoms with E-state index < -0.39 is 125 Å². The Morgan fingerprint density at radius 3 is 2.48 bits per heavy atom. The number of carbonyl (C=O) groups is 6. The van der Waals surface area contributed by atoms with E-state index in [2.05, 4.69) is 15.6 Å². The van der Waals surface area contributed by atoms with Crippen molar-refractivity contribution in [2.24, 2.45) is 0 Å². The van der Waals surface area contributed by atoms with Crippen LogP contribution in [-0.4, -0.2) is 138 Å². The minimum Gasteiger partial charge on any atom is -0.507 e. The zero-order chi connectivity index (χ0) is 45.9.